The zero-order valence-corrected chi connectivity index (χ0v) is 17.5. The number of likely N-dealkylation sites (tertiary alicyclic amines) is 1. The topological polar surface area (TPSA) is 71.3 Å². The van der Waals surface area contributed by atoms with E-state index in [4.69, 9.17) is 16.1 Å². The highest BCUT2D eigenvalue weighted by Crippen LogP contribution is 2.20. The average molecular weight is 425 g/mol. The molecule has 1 aliphatic rings. The summed E-state index contributed by atoms with van der Waals surface area (Å²) in [6.07, 6.45) is 2.49. The lowest BCUT2D eigenvalue weighted by atomic mass is 9.96. The van der Waals surface area contributed by atoms with E-state index in [0.717, 1.165) is 42.9 Å². The Morgan fingerprint density at radius 1 is 1.10 bits per heavy atom. The van der Waals surface area contributed by atoms with Crippen molar-refractivity contribution >= 4 is 17.5 Å². The summed E-state index contributed by atoms with van der Waals surface area (Å²) in [5, 5.41) is 7.87. The third-order valence-corrected chi connectivity index (χ3v) is 5.70. The molecular formula is C23H25ClN4O2. The van der Waals surface area contributed by atoms with E-state index < -0.39 is 0 Å². The number of hydrogen-bond donors (Lipinski definition) is 1. The zero-order valence-electron chi connectivity index (χ0n) is 16.8. The molecule has 3 aromatic rings. The van der Waals surface area contributed by atoms with Crippen LogP contribution in [-0.4, -0.2) is 40.6 Å². The van der Waals surface area contributed by atoms with Crippen molar-refractivity contribution in [2.24, 2.45) is 5.92 Å². The third kappa shape index (κ3) is 5.46. The van der Waals surface area contributed by atoms with Gasteiger partial charge in [-0.1, -0.05) is 59.2 Å². The first-order valence-electron chi connectivity index (χ1n) is 10.3. The lowest BCUT2D eigenvalue weighted by molar-refractivity contribution is -0.126. The van der Waals surface area contributed by atoms with Gasteiger partial charge in [0, 0.05) is 23.0 Å². The largest absolute Gasteiger partial charge is 0.356 e. The molecule has 0 aliphatic carbocycles. The van der Waals surface area contributed by atoms with Crippen LogP contribution in [0.5, 0.6) is 0 Å². The Bertz CT molecular complexity index is 951. The molecule has 1 saturated heterocycles. The zero-order chi connectivity index (χ0) is 20.8. The average Bonchev–Trinajstić information content (AvgIpc) is 3.25. The lowest BCUT2D eigenvalue weighted by Gasteiger charge is -2.30. The summed E-state index contributed by atoms with van der Waals surface area (Å²) in [5.41, 5.74) is 2.12. The molecule has 7 heteroatoms. The van der Waals surface area contributed by atoms with Gasteiger partial charge in [0.2, 0.25) is 17.6 Å². The maximum Gasteiger partial charge on any atom is 0.241 e. The molecule has 2 heterocycles. The Hall–Kier alpha value is -2.70. The van der Waals surface area contributed by atoms with Crippen molar-refractivity contribution in [1.29, 1.82) is 0 Å². The number of aromatic nitrogens is 2. The SMILES string of the molecule is O=C(NCCc1ccc(Cl)cc1)C1CCN(Cc2nc(-c3ccccc3)no2)CC1. The Balaban J connectivity index is 1.19. The van der Waals surface area contributed by atoms with Crippen LogP contribution in [0.3, 0.4) is 0 Å². The van der Waals surface area contributed by atoms with Crippen molar-refractivity contribution in [2.75, 3.05) is 19.6 Å². The Kier molecular flexibility index (Phi) is 6.77. The van der Waals surface area contributed by atoms with E-state index in [9.17, 15) is 4.79 Å². The molecule has 1 amide bonds. The summed E-state index contributed by atoms with van der Waals surface area (Å²) in [6, 6.07) is 17.5. The molecule has 0 radical (unpaired) electrons. The van der Waals surface area contributed by atoms with Crippen LogP contribution in [0.4, 0.5) is 0 Å². The van der Waals surface area contributed by atoms with Gasteiger partial charge in [-0.3, -0.25) is 9.69 Å². The second kappa shape index (κ2) is 9.87. The number of nitrogens with one attached hydrogen (secondary N) is 1. The number of nitrogens with zero attached hydrogens (tertiary/aromatic N) is 3. The highest BCUT2D eigenvalue weighted by Gasteiger charge is 2.25. The maximum absolute atomic E-state index is 12.5. The molecule has 156 valence electrons. The molecule has 1 N–H and O–H groups in total. The van der Waals surface area contributed by atoms with E-state index in [1.807, 2.05) is 54.6 Å². The van der Waals surface area contributed by atoms with Gasteiger partial charge in [-0.25, -0.2) is 0 Å². The number of carbonyl (C=O) groups is 1. The molecule has 1 aliphatic heterocycles. The minimum atomic E-state index is 0.0639. The second-order valence-electron chi connectivity index (χ2n) is 7.60. The van der Waals surface area contributed by atoms with Crippen LogP contribution in [0.15, 0.2) is 59.1 Å². The monoisotopic (exact) mass is 424 g/mol. The van der Waals surface area contributed by atoms with Gasteiger partial charge < -0.3 is 9.84 Å². The Morgan fingerprint density at radius 3 is 2.57 bits per heavy atom. The van der Waals surface area contributed by atoms with Crippen LogP contribution in [0.25, 0.3) is 11.4 Å². The summed E-state index contributed by atoms with van der Waals surface area (Å²) in [4.78, 5) is 19.2. The van der Waals surface area contributed by atoms with Gasteiger partial charge in [-0.2, -0.15) is 4.98 Å². The van der Waals surface area contributed by atoms with Crippen molar-refractivity contribution in [1.82, 2.24) is 20.4 Å². The minimum Gasteiger partial charge on any atom is -0.356 e. The molecule has 0 unspecified atom stereocenters. The van der Waals surface area contributed by atoms with Crippen LogP contribution in [0.1, 0.15) is 24.3 Å². The molecule has 4 rings (SSSR count). The lowest BCUT2D eigenvalue weighted by Crippen LogP contribution is -2.40. The first-order chi connectivity index (χ1) is 14.7. The standard InChI is InChI=1S/C23H25ClN4O2/c24-20-8-6-17(7-9-20)10-13-25-23(29)19-11-14-28(15-12-19)16-21-26-22(27-30-21)18-4-2-1-3-5-18/h1-9,19H,10-16H2,(H,25,29). The summed E-state index contributed by atoms with van der Waals surface area (Å²) >= 11 is 5.90. The molecule has 30 heavy (non-hydrogen) atoms. The van der Waals surface area contributed by atoms with Crippen molar-refractivity contribution in [3.8, 4) is 11.4 Å². The fraction of sp³-hybridized carbons (Fsp3) is 0.348. The number of halogens is 1. The van der Waals surface area contributed by atoms with Crippen LogP contribution in [0.2, 0.25) is 5.02 Å². The predicted molar refractivity (Wildman–Crippen MR) is 116 cm³/mol. The van der Waals surface area contributed by atoms with E-state index in [2.05, 4.69) is 20.4 Å². The van der Waals surface area contributed by atoms with Crippen LogP contribution in [-0.2, 0) is 17.8 Å². The molecule has 0 saturated carbocycles. The molecule has 2 aromatic carbocycles. The van der Waals surface area contributed by atoms with Gasteiger partial charge in [-0.05, 0) is 50.0 Å². The van der Waals surface area contributed by atoms with Crippen molar-refractivity contribution < 1.29 is 9.32 Å². The molecule has 0 bridgehead atoms. The third-order valence-electron chi connectivity index (χ3n) is 5.44. The van der Waals surface area contributed by atoms with Crippen LogP contribution >= 0.6 is 11.6 Å². The fourth-order valence-corrected chi connectivity index (χ4v) is 3.82. The summed E-state index contributed by atoms with van der Waals surface area (Å²) < 4.78 is 5.41. The van der Waals surface area contributed by atoms with E-state index in [0.29, 0.717) is 24.8 Å². The number of benzene rings is 2. The number of piperidine rings is 1. The summed E-state index contributed by atoms with van der Waals surface area (Å²) in [7, 11) is 0. The molecule has 0 spiro atoms. The van der Waals surface area contributed by atoms with Crippen LogP contribution < -0.4 is 5.32 Å². The quantitative estimate of drug-likeness (QED) is 0.621. The van der Waals surface area contributed by atoms with Crippen molar-refractivity contribution in [3.05, 3.63) is 71.1 Å². The first kappa shape index (κ1) is 20.6. The van der Waals surface area contributed by atoms with Gasteiger partial charge in [0.1, 0.15) is 0 Å². The second-order valence-corrected chi connectivity index (χ2v) is 8.03. The molecule has 0 atom stereocenters. The maximum atomic E-state index is 12.5. The number of amides is 1. The van der Waals surface area contributed by atoms with E-state index in [-0.39, 0.29) is 11.8 Å². The predicted octanol–water partition coefficient (Wildman–Crippen LogP) is 3.96. The van der Waals surface area contributed by atoms with Gasteiger partial charge >= 0.3 is 0 Å². The van der Waals surface area contributed by atoms with Crippen molar-refractivity contribution in [2.45, 2.75) is 25.8 Å². The number of hydrogen-bond acceptors (Lipinski definition) is 5. The van der Waals surface area contributed by atoms with Crippen molar-refractivity contribution in [3.63, 3.8) is 0 Å². The Labute approximate surface area is 181 Å². The van der Waals surface area contributed by atoms with Gasteiger partial charge in [-0.15, -0.1) is 0 Å². The molecule has 1 aromatic heterocycles. The molecular weight excluding hydrogens is 400 g/mol. The van der Waals surface area contributed by atoms with Gasteiger partial charge in [0.15, 0.2) is 0 Å². The fourth-order valence-electron chi connectivity index (χ4n) is 3.69. The minimum absolute atomic E-state index is 0.0639. The van der Waals surface area contributed by atoms with E-state index in [1.165, 1.54) is 5.56 Å². The number of rotatable bonds is 7. The smallest absolute Gasteiger partial charge is 0.241 e. The highest BCUT2D eigenvalue weighted by molar-refractivity contribution is 6.30. The normalized spacial score (nSPS) is 15.2. The first-order valence-corrected chi connectivity index (χ1v) is 10.7. The summed E-state index contributed by atoms with van der Waals surface area (Å²) in [5.74, 6) is 1.43. The molecule has 6 nitrogen and oxygen atoms in total. The molecule has 1 fully saturated rings. The van der Waals surface area contributed by atoms with Gasteiger partial charge in [0.05, 0.1) is 6.54 Å². The Morgan fingerprint density at radius 2 is 1.83 bits per heavy atom. The highest BCUT2D eigenvalue weighted by atomic mass is 35.5. The summed E-state index contributed by atoms with van der Waals surface area (Å²) in [6.45, 7) is 2.95. The van der Waals surface area contributed by atoms with Gasteiger partial charge in [0.25, 0.3) is 0 Å². The number of carbonyl (C=O) groups excluding carboxylic acids is 1. The van der Waals surface area contributed by atoms with Crippen LogP contribution in [0, 0.1) is 5.92 Å². The van der Waals surface area contributed by atoms with E-state index >= 15 is 0 Å². The van der Waals surface area contributed by atoms with E-state index in [1.54, 1.807) is 0 Å².